The van der Waals surface area contributed by atoms with E-state index in [9.17, 15) is 9.50 Å². The molecule has 2 atom stereocenters. The molecule has 0 bridgehead atoms. The fourth-order valence-electron chi connectivity index (χ4n) is 5.25. The number of hydrogen-bond acceptors (Lipinski definition) is 9. The highest BCUT2D eigenvalue weighted by Gasteiger charge is 2.36. The third-order valence-corrected chi connectivity index (χ3v) is 7.53. The van der Waals surface area contributed by atoms with E-state index in [1.165, 1.54) is 25.3 Å². The second-order valence-corrected chi connectivity index (χ2v) is 10.3. The van der Waals surface area contributed by atoms with E-state index in [4.69, 9.17) is 26.8 Å². The monoisotopic (exact) mass is 554 g/mol. The van der Waals surface area contributed by atoms with Gasteiger partial charge in [-0.25, -0.2) is 18.7 Å². The van der Waals surface area contributed by atoms with Gasteiger partial charge >= 0.3 is 6.01 Å². The molecule has 202 valence electrons. The van der Waals surface area contributed by atoms with Gasteiger partial charge in [0.05, 0.1) is 25.4 Å². The van der Waals surface area contributed by atoms with Crippen molar-refractivity contribution in [1.29, 1.82) is 0 Å². The molecule has 39 heavy (non-hydrogen) atoms. The summed E-state index contributed by atoms with van der Waals surface area (Å²) in [4.78, 5) is 19.3. The highest BCUT2D eigenvalue weighted by Crippen LogP contribution is 2.50. The van der Waals surface area contributed by atoms with E-state index in [-0.39, 0.29) is 58.6 Å². The lowest BCUT2D eigenvalue weighted by Gasteiger charge is -2.34. The van der Waals surface area contributed by atoms with Gasteiger partial charge in [-0.1, -0.05) is 11.6 Å². The van der Waals surface area contributed by atoms with Gasteiger partial charge in [0.25, 0.3) is 0 Å². The van der Waals surface area contributed by atoms with Crippen LogP contribution in [0, 0.1) is 11.6 Å². The number of pyridine rings is 2. The van der Waals surface area contributed by atoms with Crippen LogP contribution in [0.5, 0.6) is 17.6 Å². The topological polar surface area (TPSA) is 120 Å². The van der Waals surface area contributed by atoms with Crippen LogP contribution in [0.3, 0.4) is 0 Å². The van der Waals surface area contributed by atoms with E-state index >= 15 is 4.39 Å². The van der Waals surface area contributed by atoms with E-state index in [2.05, 4.69) is 19.9 Å². The number of methoxy groups -OCH3 is 1. The van der Waals surface area contributed by atoms with Crippen molar-refractivity contribution in [3.8, 4) is 28.9 Å². The standard InChI is InChI=1S/C27H25ClF2N6O3/c1-11-10-39-26-20-23(21(30)22(33-26)17-7-15(37)8-18(28)19(17)13-4-5-13)34-27(38-3)35-25(20)36(11)12(2)16-6-14(29)9-32-24(16)31/h6-9,11-13,37H,4-5,10H2,1-3H3,(H2,31,32)/t11-,12?/m0/s1. The number of ether oxygens (including phenoxy) is 2. The molecular weight excluding hydrogens is 530 g/mol. The number of hydrogen-bond donors (Lipinski definition) is 2. The predicted octanol–water partition coefficient (Wildman–Crippen LogP) is 5.54. The number of aromatic nitrogens is 4. The van der Waals surface area contributed by atoms with Crippen molar-refractivity contribution in [2.45, 2.75) is 44.7 Å². The second kappa shape index (κ2) is 9.33. The molecule has 0 spiro atoms. The molecule has 4 aromatic rings. The van der Waals surface area contributed by atoms with Crippen LogP contribution in [-0.4, -0.2) is 44.8 Å². The summed E-state index contributed by atoms with van der Waals surface area (Å²) in [5.41, 5.74) is 7.52. The Morgan fingerprint density at radius 2 is 1.97 bits per heavy atom. The van der Waals surface area contributed by atoms with Gasteiger partial charge in [0, 0.05) is 16.1 Å². The number of nitrogen functional groups attached to an aromatic ring is 1. The lowest BCUT2D eigenvalue weighted by atomic mass is 9.98. The first kappa shape index (κ1) is 25.3. The summed E-state index contributed by atoms with van der Waals surface area (Å²) in [6, 6.07) is 3.27. The van der Waals surface area contributed by atoms with Crippen LogP contribution >= 0.6 is 11.6 Å². The van der Waals surface area contributed by atoms with Crippen LogP contribution in [0.15, 0.2) is 24.4 Å². The zero-order valence-electron chi connectivity index (χ0n) is 21.4. The average Bonchev–Trinajstić information content (AvgIpc) is 3.75. The van der Waals surface area contributed by atoms with Gasteiger partial charge in [-0.2, -0.15) is 9.97 Å². The fourth-order valence-corrected chi connectivity index (χ4v) is 5.62. The van der Waals surface area contributed by atoms with Gasteiger partial charge in [0.2, 0.25) is 5.88 Å². The molecule has 3 aromatic heterocycles. The normalized spacial score (nSPS) is 17.6. The number of phenols is 1. The van der Waals surface area contributed by atoms with Crippen molar-refractivity contribution in [1.82, 2.24) is 19.9 Å². The van der Waals surface area contributed by atoms with Crippen molar-refractivity contribution in [3.63, 3.8) is 0 Å². The highest BCUT2D eigenvalue weighted by molar-refractivity contribution is 6.32. The average molecular weight is 555 g/mol. The maximum absolute atomic E-state index is 16.4. The Bertz CT molecular complexity index is 1630. The van der Waals surface area contributed by atoms with Crippen LogP contribution in [0.25, 0.3) is 22.2 Å². The van der Waals surface area contributed by atoms with E-state index in [1.54, 1.807) is 0 Å². The van der Waals surface area contributed by atoms with E-state index in [0.717, 1.165) is 24.6 Å². The molecule has 2 aliphatic rings. The second-order valence-electron chi connectivity index (χ2n) is 9.87. The number of nitrogens with two attached hydrogens (primary N) is 1. The summed E-state index contributed by atoms with van der Waals surface area (Å²) < 4.78 is 42.1. The Morgan fingerprint density at radius 1 is 1.21 bits per heavy atom. The number of rotatable bonds is 5. The zero-order valence-corrected chi connectivity index (χ0v) is 22.1. The summed E-state index contributed by atoms with van der Waals surface area (Å²) in [7, 11) is 1.38. The van der Waals surface area contributed by atoms with Gasteiger partial charge in [-0.05, 0) is 56.4 Å². The minimum absolute atomic E-state index is 0.0448. The molecule has 12 heteroatoms. The summed E-state index contributed by atoms with van der Waals surface area (Å²) in [6.07, 6.45) is 2.85. The lowest BCUT2D eigenvalue weighted by molar-refractivity contribution is 0.281. The van der Waals surface area contributed by atoms with Crippen LogP contribution in [0.2, 0.25) is 5.02 Å². The molecular formula is C27H25ClF2N6O3. The Balaban J connectivity index is 1.62. The zero-order chi connectivity index (χ0) is 27.6. The number of anilines is 2. The first-order valence-electron chi connectivity index (χ1n) is 12.5. The van der Waals surface area contributed by atoms with Gasteiger partial charge in [0.15, 0.2) is 5.82 Å². The minimum atomic E-state index is -0.739. The Kier molecular flexibility index (Phi) is 6.05. The molecule has 4 heterocycles. The first-order chi connectivity index (χ1) is 18.7. The number of halogens is 3. The molecule has 0 amide bonds. The van der Waals surface area contributed by atoms with Gasteiger partial charge in [-0.15, -0.1) is 0 Å². The van der Waals surface area contributed by atoms with Gasteiger partial charge in [-0.3, -0.25) is 0 Å². The first-order valence-corrected chi connectivity index (χ1v) is 12.9. The summed E-state index contributed by atoms with van der Waals surface area (Å²) in [6.45, 7) is 3.86. The molecule has 0 saturated heterocycles. The van der Waals surface area contributed by atoms with Gasteiger partial charge < -0.3 is 25.2 Å². The van der Waals surface area contributed by atoms with Crippen molar-refractivity contribution in [3.05, 3.63) is 52.2 Å². The Morgan fingerprint density at radius 3 is 2.69 bits per heavy atom. The van der Waals surface area contributed by atoms with Crippen LogP contribution in [0.4, 0.5) is 20.4 Å². The highest BCUT2D eigenvalue weighted by atomic mass is 35.5. The van der Waals surface area contributed by atoms with E-state index in [1.807, 2.05) is 18.7 Å². The third-order valence-electron chi connectivity index (χ3n) is 7.21. The molecule has 1 aromatic carbocycles. The van der Waals surface area contributed by atoms with Crippen molar-refractivity contribution in [2.24, 2.45) is 0 Å². The number of aromatic hydroxyl groups is 1. The van der Waals surface area contributed by atoms with Crippen molar-refractivity contribution in [2.75, 3.05) is 24.4 Å². The Hall–Kier alpha value is -3.99. The molecule has 1 aliphatic heterocycles. The van der Waals surface area contributed by atoms with Crippen LogP contribution < -0.4 is 20.1 Å². The molecule has 1 fully saturated rings. The predicted molar refractivity (Wildman–Crippen MR) is 142 cm³/mol. The molecule has 1 saturated carbocycles. The number of nitrogens with zero attached hydrogens (tertiary/aromatic N) is 5. The molecule has 9 nitrogen and oxygen atoms in total. The molecule has 6 rings (SSSR count). The molecule has 1 unspecified atom stereocenters. The number of phenolic OH excluding ortho intramolecular Hbond substituents is 1. The third kappa shape index (κ3) is 4.21. The SMILES string of the molecule is COc1nc2c3c(nc(-c4cc(O)cc(Cl)c4C4CC4)c(F)c3n1)OC[C@H](C)N2C(C)c1cc(F)cnc1N. The van der Waals surface area contributed by atoms with Crippen molar-refractivity contribution < 1.29 is 23.4 Å². The minimum Gasteiger partial charge on any atom is -0.508 e. The molecule has 1 aliphatic carbocycles. The fraction of sp³-hybridized carbons (Fsp3) is 0.333. The largest absolute Gasteiger partial charge is 0.508 e. The lowest BCUT2D eigenvalue weighted by Crippen LogP contribution is -2.39. The number of benzene rings is 1. The summed E-state index contributed by atoms with van der Waals surface area (Å²) in [5, 5.41) is 10.9. The van der Waals surface area contributed by atoms with E-state index in [0.29, 0.717) is 22.0 Å². The summed E-state index contributed by atoms with van der Waals surface area (Å²) in [5.74, 6) is -0.673. The quantitative estimate of drug-likeness (QED) is 0.327. The maximum Gasteiger partial charge on any atom is 0.318 e. The molecule has 3 N–H and O–H groups in total. The Labute approximate surface area is 227 Å². The molecule has 0 radical (unpaired) electrons. The van der Waals surface area contributed by atoms with Crippen molar-refractivity contribution >= 4 is 34.1 Å². The van der Waals surface area contributed by atoms with Gasteiger partial charge in [0.1, 0.15) is 46.4 Å². The van der Waals surface area contributed by atoms with Crippen LogP contribution in [-0.2, 0) is 0 Å². The maximum atomic E-state index is 16.4. The van der Waals surface area contributed by atoms with Crippen LogP contribution in [0.1, 0.15) is 49.8 Å². The smallest absolute Gasteiger partial charge is 0.318 e. The summed E-state index contributed by atoms with van der Waals surface area (Å²) >= 11 is 6.49. The van der Waals surface area contributed by atoms with E-state index < -0.39 is 17.7 Å².